The smallest absolute Gasteiger partial charge is 0.169 e. The molecule has 1 aromatic rings. The minimum atomic E-state index is -0.322. The fourth-order valence-electron chi connectivity index (χ4n) is 8.06. The number of hydrogen-bond donors (Lipinski definition) is 0. The molecule has 1 saturated heterocycles. The standard InChI is InChI=1S/C28H37NO3/c1-27-17-23(18-4-7-20(8-5-18)29(2)3)26-21-12-13-28(31-14-15-32-28)16-19(21)6-9-22(26)24(27)10-11-25(27)30/h4-5,7-8,19,22-24H,6,9-17H2,1-3H3. The van der Waals surface area contributed by atoms with E-state index in [1.807, 2.05) is 0 Å². The molecule has 0 amide bonds. The summed E-state index contributed by atoms with van der Waals surface area (Å²) < 4.78 is 12.2. The summed E-state index contributed by atoms with van der Waals surface area (Å²) in [6.45, 7) is 3.77. The minimum absolute atomic E-state index is 0.153. The molecule has 172 valence electrons. The maximum absolute atomic E-state index is 13.1. The van der Waals surface area contributed by atoms with Crippen molar-refractivity contribution in [2.45, 2.75) is 70.0 Å². The van der Waals surface area contributed by atoms with E-state index < -0.39 is 0 Å². The molecule has 4 nitrogen and oxygen atoms in total. The van der Waals surface area contributed by atoms with E-state index in [9.17, 15) is 4.79 Å². The van der Waals surface area contributed by atoms with Crippen LogP contribution in [-0.4, -0.2) is 38.9 Å². The van der Waals surface area contributed by atoms with Gasteiger partial charge in [-0.25, -0.2) is 0 Å². The van der Waals surface area contributed by atoms with Crippen LogP contribution >= 0.6 is 0 Å². The Morgan fingerprint density at radius 1 is 0.969 bits per heavy atom. The highest BCUT2D eigenvalue weighted by Crippen LogP contribution is 2.63. The van der Waals surface area contributed by atoms with E-state index in [0.29, 0.717) is 29.5 Å². The van der Waals surface area contributed by atoms with Gasteiger partial charge in [0.1, 0.15) is 5.78 Å². The van der Waals surface area contributed by atoms with Gasteiger partial charge in [-0.2, -0.15) is 0 Å². The summed E-state index contributed by atoms with van der Waals surface area (Å²) in [5.74, 6) is 2.25. The van der Waals surface area contributed by atoms with Crippen molar-refractivity contribution in [2.75, 3.05) is 32.2 Å². The second-order valence-electron chi connectivity index (χ2n) is 11.4. The molecular weight excluding hydrogens is 398 g/mol. The van der Waals surface area contributed by atoms with Gasteiger partial charge in [0, 0.05) is 50.4 Å². The monoisotopic (exact) mass is 435 g/mol. The summed E-state index contributed by atoms with van der Waals surface area (Å²) in [5, 5.41) is 0. The Morgan fingerprint density at radius 2 is 1.72 bits per heavy atom. The van der Waals surface area contributed by atoms with Crippen LogP contribution in [0, 0.1) is 23.2 Å². The number of benzene rings is 1. The number of anilines is 1. The van der Waals surface area contributed by atoms with Crippen LogP contribution in [0.3, 0.4) is 0 Å². The van der Waals surface area contributed by atoms with Gasteiger partial charge >= 0.3 is 0 Å². The summed E-state index contributed by atoms with van der Waals surface area (Å²) in [6, 6.07) is 9.14. The van der Waals surface area contributed by atoms with Crippen LogP contribution in [0.1, 0.15) is 69.8 Å². The Bertz CT molecular complexity index is 942. The summed E-state index contributed by atoms with van der Waals surface area (Å²) in [7, 11) is 4.19. The number of nitrogens with zero attached hydrogens (tertiary/aromatic N) is 1. The quantitative estimate of drug-likeness (QED) is 0.577. The number of ether oxygens (including phenoxy) is 2. The highest BCUT2D eigenvalue weighted by Gasteiger charge is 2.57. The third kappa shape index (κ3) is 3.05. The number of carbonyl (C=O) groups is 1. The van der Waals surface area contributed by atoms with E-state index in [1.54, 1.807) is 11.1 Å². The van der Waals surface area contributed by atoms with Crippen molar-refractivity contribution in [3.8, 4) is 0 Å². The molecule has 6 rings (SSSR count). The molecule has 0 bridgehead atoms. The maximum atomic E-state index is 13.1. The largest absolute Gasteiger partial charge is 0.378 e. The molecule has 5 atom stereocenters. The first-order chi connectivity index (χ1) is 15.4. The second kappa shape index (κ2) is 7.43. The lowest BCUT2D eigenvalue weighted by Crippen LogP contribution is -2.46. The Balaban J connectivity index is 1.43. The topological polar surface area (TPSA) is 38.8 Å². The average molecular weight is 436 g/mol. The number of rotatable bonds is 2. The molecule has 5 aliphatic rings. The SMILES string of the molecule is CN(C)c1ccc(C2CC3(C)C(=O)CCC3C3CCC4CC5(CCC4=C23)OCCO5)cc1. The fourth-order valence-corrected chi connectivity index (χ4v) is 8.06. The molecule has 0 aromatic heterocycles. The third-order valence-corrected chi connectivity index (χ3v) is 9.67. The molecule has 4 aliphatic carbocycles. The van der Waals surface area contributed by atoms with Crippen LogP contribution in [0.4, 0.5) is 5.69 Å². The summed E-state index contributed by atoms with van der Waals surface area (Å²) in [6.07, 6.45) is 8.40. The maximum Gasteiger partial charge on any atom is 0.169 e. The second-order valence-corrected chi connectivity index (χ2v) is 11.4. The Morgan fingerprint density at radius 3 is 2.44 bits per heavy atom. The minimum Gasteiger partial charge on any atom is -0.378 e. The molecule has 4 fully saturated rings. The lowest BCUT2D eigenvalue weighted by atomic mass is 9.52. The Hall–Kier alpha value is -1.65. The predicted octanol–water partition coefficient (Wildman–Crippen LogP) is 5.48. The van der Waals surface area contributed by atoms with Gasteiger partial charge in [0.15, 0.2) is 5.79 Å². The van der Waals surface area contributed by atoms with Crippen LogP contribution in [-0.2, 0) is 14.3 Å². The van der Waals surface area contributed by atoms with Gasteiger partial charge in [-0.15, -0.1) is 0 Å². The normalized spacial score (nSPS) is 37.9. The van der Waals surface area contributed by atoms with Crippen molar-refractivity contribution < 1.29 is 14.3 Å². The number of carbonyl (C=O) groups excluding carboxylic acids is 1. The number of Topliss-reactive ketones (excluding diaryl/α,β-unsaturated/α-hetero) is 1. The number of fused-ring (bicyclic) bond motifs is 4. The van der Waals surface area contributed by atoms with Gasteiger partial charge in [0.2, 0.25) is 0 Å². The molecule has 1 heterocycles. The molecule has 4 heteroatoms. The van der Waals surface area contributed by atoms with Crippen molar-refractivity contribution in [1.82, 2.24) is 0 Å². The zero-order valence-electron chi connectivity index (χ0n) is 19.9. The van der Waals surface area contributed by atoms with E-state index in [-0.39, 0.29) is 11.2 Å². The van der Waals surface area contributed by atoms with E-state index in [4.69, 9.17) is 9.47 Å². The van der Waals surface area contributed by atoms with Gasteiger partial charge in [0.25, 0.3) is 0 Å². The van der Waals surface area contributed by atoms with Crippen molar-refractivity contribution >= 4 is 11.5 Å². The van der Waals surface area contributed by atoms with E-state index >= 15 is 0 Å². The molecule has 1 aliphatic heterocycles. The van der Waals surface area contributed by atoms with E-state index in [1.165, 1.54) is 24.1 Å². The molecule has 5 unspecified atom stereocenters. The first-order valence-electron chi connectivity index (χ1n) is 12.7. The van der Waals surface area contributed by atoms with Crippen LogP contribution in [0.15, 0.2) is 35.4 Å². The van der Waals surface area contributed by atoms with Gasteiger partial charge in [0.05, 0.1) is 13.2 Å². The molecule has 1 spiro atoms. The van der Waals surface area contributed by atoms with Crippen LogP contribution in [0.2, 0.25) is 0 Å². The number of ketones is 1. The number of hydrogen-bond acceptors (Lipinski definition) is 4. The van der Waals surface area contributed by atoms with Crippen molar-refractivity contribution in [1.29, 1.82) is 0 Å². The highest BCUT2D eigenvalue weighted by molar-refractivity contribution is 5.87. The van der Waals surface area contributed by atoms with Crippen LogP contribution in [0.25, 0.3) is 0 Å². The van der Waals surface area contributed by atoms with Crippen molar-refractivity contribution in [3.63, 3.8) is 0 Å². The lowest BCUT2D eigenvalue weighted by molar-refractivity contribution is -0.181. The summed E-state index contributed by atoms with van der Waals surface area (Å²) in [4.78, 5) is 15.3. The third-order valence-electron chi connectivity index (χ3n) is 9.67. The van der Waals surface area contributed by atoms with Gasteiger partial charge in [-0.1, -0.05) is 30.2 Å². The van der Waals surface area contributed by atoms with Crippen LogP contribution in [0.5, 0.6) is 0 Å². The van der Waals surface area contributed by atoms with Gasteiger partial charge in [-0.3, -0.25) is 4.79 Å². The van der Waals surface area contributed by atoms with E-state index in [2.05, 4.69) is 50.2 Å². The molecule has 0 radical (unpaired) electrons. The molecular formula is C28H37NO3. The highest BCUT2D eigenvalue weighted by atomic mass is 16.7. The van der Waals surface area contributed by atoms with Crippen LogP contribution < -0.4 is 4.90 Å². The zero-order valence-corrected chi connectivity index (χ0v) is 19.9. The molecule has 32 heavy (non-hydrogen) atoms. The first-order valence-corrected chi connectivity index (χ1v) is 12.7. The van der Waals surface area contributed by atoms with Crippen molar-refractivity contribution in [3.05, 3.63) is 41.0 Å². The average Bonchev–Trinajstić information content (AvgIpc) is 3.37. The molecule has 1 aromatic carbocycles. The molecule has 0 N–H and O–H groups in total. The Labute approximate surface area is 192 Å². The Kier molecular flexibility index (Phi) is 4.86. The van der Waals surface area contributed by atoms with Gasteiger partial charge < -0.3 is 14.4 Å². The molecule has 3 saturated carbocycles. The first kappa shape index (κ1) is 20.9. The van der Waals surface area contributed by atoms with Gasteiger partial charge in [-0.05, 0) is 67.6 Å². The fraction of sp³-hybridized carbons (Fsp3) is 0.679. The van der Waals surface area contributed by atoms with E-state index in [0.717, 1.165) is 51.7 Å². The van der Waals surface area contributed by atoms with Crippen molar-refractivity contribution in [2.24, 2.45) is 23.2 Å². The zero-order chi connectivity index (χ0) is 22.1. The number of allylic oxidation sites excluding steroid dienone is 2. The summed E-state index contributed by atoms with van der Waals surface area (Å²) in [5.41, 5.74) is 5.89. The predicted molar refractivity (Wildman–Crippen MR) is 126 cm³/mol. The lowest BCUT2D eigenvalue weighted by Gasteiger charge is -2.52. The summed E-state index contributed by atoms with van der Waals surface area (Å²) >= 11 is 0.